The van der Waals surface area contributed by atoms with Crippen LogP contribution in [0.25, 0.3) is 0 Å². The molecule has 18 heavy (non-hydrogen) atoms. The van der Waals surface area contributed by atoms with Gasteiger partial charge in [0.25, 0.3) is 0 Å². The van der Waals surface area contributed by atoms with Gasteiger partial charge in [0.15, 0.2) is 0 Å². The second-order valence-electron chi connectivity index (χ2n) is 6.03. The molecule has 0 bridgehead atoms. The van der Waals surface area contributed by atoms with Crippen molar-refractivity contribution in [3.05, 3.63) is 0 Å². The van der Waals surface area contributed by atoms with Crippen LogP contribution in [-0.4, -0.2) is 50.3 Å². The van der Waals surface area contributed by atoms with E-state index >= 15 is 0 Å². The van der Waals surface area contributed by atoms with Gasteiger partial charge in [-0.3, -0.25) is 4.90 Å². The average Bonchev–Trinajstić information content (AvgIpc) is 2.63. The molecule has 1 fully saturated rings. The van der Waals surface area contributed by atoms with E-state index in [0.29, 0.717) is 6.04 Å². The molecule has 0 saturated carbocycles. The van der Waals surface area contributed by atoms with Crippen molar-refractivity contribution in [1.29, 1.82) is 0 Å². The molecule has 1 unspecified atom stereocenters. The summed E-state index contributed by atoms with van der Waals surface area (Å²) in [6.45, 7) is 8.18. The van der Waals surface area contributed by atoms with Gasteiger partial charge in [0.05, 0.1) is 0 Å². The predicted molar refractivity (Wildman–Crippen MR) is 78.1 cm³/mol. The van der Waals surface area contributed by atoms with Crippen molar-refractivity contribution in [2.75, 3.05) is 33.9 Å². The minimum atomic E-state index is 0.243. The van der Waals surface area contributed by atoms with Crippen molar-refractivity contribution in [3.8, 4) is 0 Å². The molecule has 0 amide bonds. The molecule has 1 saturated heterocycles. The number of ether oxygens (including phenoxy) is 1. The van der Waals surface area contributed by atoms with E-state index in [4.69, 9.17) is 4.74 Å². The summed E-state index contributed by atoms with van der Waals surface area (Å²) < 4.78 is 5.17. The maximum absolute atomic E-state index is 5.17. The highest BCUT2D eigenvalue weighted by Gasteiger charge is 2.34. The summed E-state index contributed by atoms with van der Waals surface area (Å²) in [5.41, 5.74) is 0.243. The Balaban J connectivity index is 2.55. The first-order chi connectivity index (χ1) is 8.62. The largest absolute Gasteiger partial charge is 0.385 e. The van der Waals surface area contributed by atoms with Crippen LogP contribution in [0.4, 0.5) is 0 Å². The van der Waals surface area contributed by atoms with Gasteiger partial charge in [0.1, 0.15) is 0 Å². The molecule has 1 heterocycles. The second kappa shape index (κ2) is 8.13. The van der Waals surface area contributed by atoms with E-state index in [1.165, 1.54) is 45.2 Å². The fourth-order valence-corrected chi connectivity index (χ4v) is 3.15. The third-order valence-electron chi connectivity index (χ3n) is 4.46. The molecule has 108 valence electrons. The number of methoxy groups -OCH3 is 1. The molecule has 0 aliphatic carbocycles. The molecule has 1 rings (SSSR count). The topological polar surface area (TPSA) is 24.5 Å². The first-order valence-corrected chi connectivity index (χ1v) is 7.54. The van der Waals surface area contributed by atoms with Gasteiger partial charge in [-0.1, -0.05) is 12.8 Å². The van der Waals surface area contributed by atoms with Gasteiger partial charge in [-0.15, -0.1) is 0 Å². The van der Waals surface area contributed by atoms with Crippen molar-refractivity contribution >= 4 is 0 Å². The monoisotopic (exact) mass is 256 g/mol. The lowest BCUT2D eigenvalue weighted by molar-refractivity contribution is 0.0779. The first kappa shape index (κ1) is 15.9. The summed E-state index contributed by atoms with van der Waals surface area (Å²) in [5, 5.41) is 3.52. The highest BCUT2D eigenvalue weighted by atomic mass is 16.5. The van der Waals surface area contributed by atoms with E-state index in [9.17, 15) is 0 Å². The zero-order valence-electron chi connectivity index (χ0n) is 12.8. The third-order valence-corrected chi connectivity index (χ3v) is 4.46. The van der Waals surface area contributed by atoms with Crippen LogP contribution in [0.3, 0.4) is 0 Å². The molecule has 1 N–H and O–H groups in total. The highest BCUT2D eigenvalue weighted by Crippen LogP contribution is 2.25. The lowest BCUT2D eigenvalue weighted by Gasteiger charge is -2.44. The highest BCUT2D eigenvalue weighted by molar-refractivity contribution is 4.93. The van der Waals surface area contributed by atoms with E-state index in [2.05, 4.69) is 31.1 Å². The molecule has 0 spiro atoms. The molecule has 0 aromatic carbocycles. The average molecular weight is 256 g/mol. The van der Waals surface area contributed by atoms with Crippen molar-refractivity contribution in [2.45, 2.75) is 64.0 Å². The minimum absolute atomic E-state index is 0.243. The number of rotatable bonds is 7. The van der Waals surface area contributed by atoms with Gasteiger partial charge in [0.2, 0.25) is 0 Å². The van der Waals surface area contributed by atoms with Crippen LogP contribution in [0.5, 0.6) is 0 Å². The summed E-state index contributed by atoms with van der Waals surface area (Å²) in [5.74, 6) is 0. The fraction of sp³-hybridized carbons (Fsp3) is 1.00. The molecule has 0 aromatic rings. The molecule has 1 aliphatic rings. The van der Waals surface area contributed by atoms with Gasteiger partial charge in [-0.25, -0.2) is 0 Å². The van der Waals surface area contributed by atoms with E-state index in [-0.39, 0.29) is 5.54 Å². The van der Waals surface area contributed by atoms with Gasteiger partial charge in [-0.2, -0.15) is 0 Å². The van der Waals surface area contributed by atoms with E-state index < -0.39 is 0 Å². The van der Waals surface area contributed by atoms with E-state index in [1.807, 2.05) is 0 Å². The first-order valence-electron chi connectivity index (χ1n) is 7.54. The lowest BCUT2D eigenvalue weighted by atomic mass is 9.88. The fourth-order valence-electron chi connectivity index (χ4n) is 3.15. The van der Waals surface area contributed by atoms with Crippen LogP contribution in [-0.2, 0) is 4.74 Å². The van der Waals surface area contributed by atoms with Crippen LogP contribution in [0, 0.1) is 0 Å². The zero-order chi connectivity index (χ0) is 13.4. The van der Waals surface area contributed by atoms with Crippen molar-refractivity contribution in [2.24, 2.45) is 0 Å². The Labute approximate surface area is 113 Å². The van der Waals surface area contributed by atoms with Crippen LogP contribution in [0.15, 0.2) is 0 Å². The molecular weight excluding hydrogens is 224 g/mol. The molecule has 3 heteroatoms. The van der Waals surface area contributed by atoms with Gasteiger partial charge < -0.3 is 10.1 Å². The van der Waals surface area contributed by atoms with Crippen LogP contribution >= 0.6 is 0 Å². The van der Waals surface area contributed by atoms with Crippen molar-refractivity contribution in [1.82, 2.24) is 10.2 Å². The Hall–Kier alpha value is -0.120. The zero-order valence-corrected chi connectivity index (χ0v) is 12.8. The molecule has 1 aliphatic heterocycles. The summed E-state index contributed by atoms with van der Waals surface area (Å²) in [4.78, 5) is 2.69. The van der Waals surface area contributed by atoms with Gasteiger partial charge in [-0.05, 0) is 59.7 Å². The molecule has 3 nitrogen and oxygen atoms in total. The third kappa shape index (κ3) is 4.52. The smallest absolute Gasteiger partial charge is 0.0462 e. The normalized spacial score (nSPS) is 20.7. The standard InChI is InChI=1S/C15H32N2O/c1-15(2,14(16-3)10-9-13-18-4)17-11-7-5-6-8-12-17/h14,16H,5-13H2,1-4H3. The van der Waals surface area contributed by atoms with Gasteiger partial charge >= 0.3 is 0 Å². The second-order valence-corrected chi connectivity index (χ2v) is 6.03. The maximum Gasteiger partial charge on any atom is 0.0462 e. The quantitative estimate of drug-likeness (QED) is 0.709. The minimum Gasteiger partial charge on any atom is -0.385 e. The molecule has 0 radical (unpaired) electrons. The van der Waals surface area contributed by atoms with Crippen LogP contribution in [0.1, 0.15) is 52.4 Å². The molecule has 1 atom stereocenters. The Kier molecular flexibility index (Phi) is 7.20. The van der Waals surface area contributed by atoms with E-state index in [1.54, 1.807) is 7.11 Å². The Morgan fingerprint density at radius 1 is 1.17 bits per heavy atom. The summed E-state index contributed by atoms with van der Waals surface area (Å²) in [6.07, 6.45) is 7.85. The number of hydrogen-bond donors (Lipinski definition) is 1. The number of nitrogens with zero attached hydrogens (tertiary/aromatic N) is 1. The number of nitrogens with one attached hydrogen (secondary N) is 1. The molecular formula is C15H32N2O. The maximum atomic E-state index is 5.17. The van der Waals surface area contributed by atoms with Crippen molar-refractivity contribution < 1.29 is 4.74 Å². The predicted octanol–water partition coefficient (Wildman–Crippen LogP) is 2.66. The Morgan fingerprint density at radius 3 is 2.28 bits per heavy atom. The summed E-state index contributed by atoms with van der Waals surface area (Å²) in [6, 6.07) is 0.547. The number of hydrogen-bond acceptors (Lipinski definition) is 3. The number of likely N-dealkylation sites (N-methyl/N-ethyl adjacent to an activating group) is 1. The summed E-state index contributed by atoms with van der Waals surface area (Å²) >= 11 is 0. The summed E-state index contributed by atoms with van der Waals surface area (Å²) in [7, 11) is 3.88. The molecule has 0 aromatic heterocycles. The van der Waals surface area contributed by atoms with Crippen molar-refractivity contribution in [3.63, 3.8) is 0 Å². The lowest BCUT2D eigenvalue weighted by Crippen LogP contribution is -2.57. The van der Waals surface area contributed by atoms with E-state index in [0.717, 1.165) is 13.0 Å². The van der Waals surface area contributed by atoms with Gasteiger partial charge in [0, 0.05) is 25.3 Å². The number of likely N-dealkylation sites (tertiary alicyclic amines) is 1. The van der Waals surface area contributed by atoms with Crippen LogP contribution < -0.4 is 5.32 Å². The SMILES string of the molecule is CNC(CCCOC)C(C)(C)N1CCCCCC1. The Morgan fingerprint density at radius 2 is 1.78 bits per heavy atom. The Bertz CT molecular complexity index is 211. The van der Waals surface area contributed by atoms with Crippen LogP contribution in [0.2, 0.25) is 0 Å².